The van der Waals surface area contributed by atoms with Crippen LogP contribution in [-0.2, 0) is 0 Å². The fourth-order valence-electron chi connectivity index (χ4n) is 0.714. The van der Waals surface area contributed by atoms with E-state index in [4.69, 9.17) is 39.9 Å². The Morgan fingerprint density at radius 3 is 2.18 bits per heavy atom. The summed E-state index contributed by atoms with van der Waals surface area (Å²) in [7, 11) is 0. The van der Waals surface area contributed by atoms with Crippen molar-refractivity contribution < 1.29 is 5.11 Å². The molecule has 0 saturated heterocycles. The minimum Gasteiger partial charge on any atom is -0.506 e. The van der Waals surface area contributed by atoms with Gasteiger partial charge in [-0.15, -0.1) is 0 Å². The van der Waals surface area contributed by atoms with Crippen LogP contribution in [0.4, 0.5) is 0 Å². The summed E-state index contributed by atoms with van der Waals surface area (Å²) in [4.78, 5) is 0. The Morgan fingerprint density at radius 1 is 1.09 bits per heavy atom. The van der Waals surface area contributed by atoms with Crippen LogP contribution >= 0.6 is 34.8 Å². The lowest BCUT2D eigenvalue weighted by atomic mass is 10.2. The van der Waals surface area contributed by atoms with Gasteiger partial charge in [0.1, 0.15) is 10.8 Å². The van der Waals surface area contributed by atoms with E-state index < -0.39 is 0 Å². The van der Waals surface area contributed by atoms with Crippen molar-refractivity contribution in [3.8, 4) is 5.75 Å². The summed E-state index contributed by atoms with van der Waals surface area (Å²) in [6.45, 7) is 1.74. The van der Waals surface area contributed by atoms with Crippen molar-refractivity contribution in [2.24, 2.45) is 0 Å². The Kier molecular flexibility index (Phi) is 2.53. The summed E-state index contributed by atoms with van der Waals surface area (Å²) >= 11 is 17.0. The minimum atomic E-state index is -0.0430. The number of aromatic hydroxyl groups is 1. The third kappa shape index (κ3) is 1.56. The maximum absolute atomic E-state index is 9.13. The lowest BCUT2D eigenvalue weighted by molar-refractivity contribution is 0.475. The van der Waals surface area contributed by atoms with E-state index in [1.165, 1.54) is 6.07 Å². The number of benzene rings is 1. The minimum absolute atomic E-state index is 0.0430. The van der Waals surface area contributed by atoms with Gasteiger partial charge in [-0.2, -0.15) is 0 Å². The van der Waals surface area contributed by atoms with Gasteiger partial charge in [0.15, 0.2) is 0 Å². The van der Waals surface area contributed by atoms with Crippen LogP contribution in [-0.4, -0.2) is 5.11 Å². The average molecular weight is 211 g/mol. The number of aryl methyl sites for hydroxylation is 1. The van der Waals surface area contributed by atoms with Gasteiger partial charge in [0.2, 0.25) is 0 Å². The maximum Gasteiger partial charge on any atom is 0.136 e. The molecule has 0 radical (unpaired) electrons. The molecular weight excluding hydrogens is 206 g/mol. The summed E-state index contributed by atoms with van der Waals surface area (Å²) in [5.41, 5.74) is 0.707. The molecule has 60 valence electrons. The zero-order chi connectivity index (χ0) is 8.59. The largest absolute Gasteiger partial charge is 0.506 e. The van der Waals surface area contributed by atoms with Crippen LogP contribution in [0.2, 0.25) is 15.1 Å². The van der Waals surface area contributed by atoms with Crippen molar-refractivity contribution in [3.63, 3.8) is 0 Å². The molecule has 1 aromatic rings. The summed E-state index contributed by atoms with van der Waals surface area (Å²) in [6.07, 6.45) is 0. The Balaban J connectivity index is 3.46. The number of hydrogen-bond donors (Lipinski definition) is 1. The van der Waals surface area contributed by atoms with Gasteiger partial charge in [-0.3, -0.25) is 0 Å². The fraction of sp³-hybridized carbons (Fsp3) is 0.143. The van der Waals surface area contributed by atoms with E-state index in [0.717, 1.165) is 0 Å². The van der Waals surface area contributed by atoms with Crippen molar-refractivity contribution in [2.45, 2.75) is 6.92 Å². The normalized spacial score (nSPS) is 10.2. The van der Waals surface area contributed by atoms with Crippen LogP contribution in [0.25, 0.3) is 0 Å². The van der Waals surface area contributed by atoms with Crippen molar-refractivity contribution in [1.82, 2.24) is 0 Å². The molecule has 0 saturated carbocycles. The molecule has 1 rings (SSSR count). The molecule has 1 aromatic carbocycles. The Hall–Kier alpha value is -0.110. The highest BCUT2D eigenvalue weighted by Gasteiger charge is 2.10. The van der Waals surface area contributed by atoms with Crippen LogP contribution in [0.5, 0.6) is 5.75 Å². The molecule has 11 heavy (non-hydrogen) atoms. The first-order chi connectivity index (χ1) is 5.04. The highest BCUT2D eigenvalue weighted by Crippen LogP contribution is 2.38. The van der Waals surface area contributed by atoms with Gasteiger partial charge >= 0.3 is 0 Å². The highest BCUT2D eigenvalue weighted by atomic mass is 35.5. The Bertz CT molecular complexity index is 270. The van der Waals surface area contributed by atoms with Crippen LogP contribution in [0.3, 0.4) is 0 Å². The van der Waals surface area contributed by atoms with Gasteiger partial charge in [0, 0.05) is 0 Å². The van der Waals surface area contributed by atoms with Crippen LogP contribution in [0, 0.1) is 6.92 Å². The molecular formula is C7H5Cl3O. The molecule has 0 bridgehead atoms. The third-order valence-electron chi connectivity index (χ3n) is 1.31. The van der Waals surface area contributed by atoms with Crippen molar-refractivity contribution in [2.75, 3.05) is 0 Å². The van der Waals surface area contributed by atoms with E-state index >= 15 is 0 Å². The molecule has 0 heterocycles. The quantitative estimate of drug-likeness (QED) is 0.649. The van der Waals surface area contributed by atoms with Gasteiger partial charge < -0.3 is 5.11 Å². The first-order valence-electron chi connectivity index (χ1n) is 2.87. The zero-order valence-corrected chi connectivity index (χ0v) is 7.93. The summed E-state index contributed by atoms with van der Waals surface area (Å²) in [6, 6.07) is 1.47. The smallest absolute Gasteiger partial charge is 0.136 e. The van der Waals surface area contributed by atoms with Crippen molar-refractivity contribution in [1.29, 1.82) is 0 Å². The standard InChI is InChI=1S/C7H5Cl3O/c1-3-2-4(11)6(9)7(10)5(3)8/h2,11H,1H3. The second kappa shape index (κ2) is 3.10. The molecule has 0 amide bonds. The molecule has 0 spiro atoms. The van der Waals surface area contributed by atoms with E-state index in [0.29, 0.717) is 10.6 Å². The summed E-state index contributed by atoms with van der Waals surface area (Å²) in [5, 5.41) is 9.81. The zero-order valence-electron chi connectivity index (χ0n) is 5.66. The molecule has 0 fully saturated rings. The molecule has 0 aliphatic carbocycles. The molecule has 1 N–H and O–H groups in total. The molecule has 0 atom stereocenters. The monoisotopic (exact) mass is 210 g/mol. The lowest BCUT2D eigenvalue weighted by Gasteiger charge is -2.04. The van der Waals surface area contributed by atoms with Gasteiger partial charge in [0.05, 0.1) is 10.0 Å². The summed E-state index contributed by atoms with van der Waals surface area (Å²) < 4.78 is 0. The van der Waals surface area contributed by atoms with Crippen molar-refractivity contribution >= 4 is 34.8 Å². The van der Waals surface area contributed by atoms with E-state index in [1.54, 1.807) is 6.92 Å². The van der Waals surface area contributed by atoms with Crippen LogP contribution in [0.1, 0.15) is 5.56 Å². The topological polar surface area (TPSA) is 20.2 Å². The summed E-state index contributed by atoms with van der Waals surface area (Å²) in [5.74, 6) is -0.0430. The molecule has 1 nitrogen and oxygen atoms in total. The first-order valence-corrected chi connectivity index (χ1v) is 4.00. The first kappa shape index (κ1) is 8.98. The van der Waals surface area contributed by atoms with Gasteiger partial charge in [0.25, 0.3) is 0 Å². The predicted molar refractivity (Wildman–Crippen MR) is 47.9 cm³/mol. The number of phenols is 1. The average Bonchev–Trinajstić information content (AvgIpc) is 1.97. The second-order valence-corrected chi connectivity index (χ2v) is 3.29. The Morgan fingerprint density at radius 2 is 1.64 bits per heavy atom. The van der Waals surface area contributed by atoms with Gasteiger partial charge in [-0.1, -0.05) is 34.8 Å². The fourth-order valence-corrected chi connectivity index (χ4v) is 1.31. The van der Waals surface area contributed by atoms with Crippen molar-refractivity contribution in [3.05, 3.63) is 26.7 Å². The molecule has 0 aliphatic rings. The van der Waals surface area contributed by atoms with E-state index in [1.807, 2.05) is 0 Å². The SMILES string of the molecule is Cc1cc(O)c(Cl)c(Cl)c1Cl. The Labute approximate surface area is 79.5 Å². The predicted octanol–water partition coefficient (Wildman–Crippen LogP) is 3.66. The molecule has 0 aliphatic heterocycles. The van der Waals surface area contributed by atoms with E-state index in [-0.39, 0.29) is 15.8 Å². The number of hydrogen-bond acceptors (Lipinski definition) is 1. The third-order valence-corrected chi connectivity index (χ3v) is 2.75. The molecule has 0 aromatic heterocycles. The number of halogens is 3. The molecule has 0 unspecified atom stereocenters. The number of rotatable bonds is 0. The van der Waals surface area contributed by atoms with Crippen LogP contribution < -0.4 is 0 Å². The second-order valence-electron chi connectivity index (χ2n) is 2.15. The highest BCUT2D eigenvalue weighted by molar-refractivity contribution is 6.48. The van der Waals surface area contributed by atoms with Gasteiger partial charge in [-0.05, 0) is 18.6 Å². The lowest BCUT2D eigenvalue weighted by Crippen LogP contribution is -1.79. The molecule has 4 heteroatoms. The maximum atomic E-state index is 9.13. The van der Waals surface area contributed by atoms with E-state index in [9.17, 15) is 0 Å². The van der Waals surface area contributed by atoms with Gasteiger partial charge in [-0.25, -0.2) is 0 Å². The van der Waals surface area contributed by atoms with Crippen LogP contribution in [0.15, 0.2) is 6.07 Å². The number of phenolic OH excluding ortho intramolecular Hbond substituents is 1. The van der Waals surface area contributed by atoms with E-state index in [2.05, 4.69) is 0 Å².